The molecule has 3 nitrogen and oxygen atoms in total. The second-order valence-electron chi connectivity index (χ2n) is 5.01. The molecule has 0 bridgehead atoms. The Morgan fingerprint density at radius 1 is 1.29 bits per heavy atom. The van der Waals surface area contributed by atoms with Gasteiger partial charge in [-0.25, -0.2) is 0 Å². The van der Waals surface area contributed by atoms with Crippen LogP contribution in [0.4, 0.5) is 0 Å². The summed E-state index contributed by atoms with van der Waals surface area (Å²) in [6.07, 6.45) is 2.09. The van der Waals surface area contributed by atoms with Crippen LogP contribution in [0.25, 0.3) is 0 Å². The first-order valence-corrected chi connectivity index (χ1v) is 6.02. The molecule has 1 aromatic carbocycles. The first kappa shape index (κ1) is 10.8. The highest BCUT2D eigenvalue weighted by Crippen LogP contribution is 2.52. The Balaban J connectivity index is 2.12. The van der Waals surface area contributed by atoms with Crippen LogP contribution in [0.2, 0.25) is 0 Å². The molecule has 0 radical (unpaired) electrons. The van der Waals surface area contributed by atoms with Crippen LogP contribution < -0.4 is 0 Å². The van der Waals surface area contributed by atoms with E-state index in [2.05, 4.69) is 6.07 Å². The summed E-state index contributed by atoms with van der Waals surface area (Å²) in [5.74, 6) is 0. The Bertz CT molecular complexity index is 485. The highest BCUT2D eigenvalue weighted by molar-refractivity contribution is 5.41. The summed E-state index contributed by atoms with van der Waals surface area (Å²) in [5, 5.41) is 20.5. The molecule has 1 aliphatic carbocycles. The van der Waals surface area contributed by atoms with Gasteiger partial charge in [-0.2, -0.15) is 5.26 Å². The van der Waals surface area contributed by atoms with Crippen molar-refractivity contribution in [3.8, 4) is 6.07 Å². The van der Waals surface area contributed by atoms with Crippen molar-refractivity contribution in [2.75, 3.05) is 13.2 Å². The van der Waals surface area contributed by atoms with Gasteiger partial charge < -0.3 is 9.84 Å². The van der Waals surface area contributed by atoms with Crippen molar-refractivity contribution in [1.82, 2.24) is 0 Å². The number of rotatable bonds is 1. The third-order valence-electron chi connectivity index (χ3n) is 4.25. The lowest BCUT2D eigenvalue weighted by Gasteiger charge is -2.36. The number of nitrogens with zero attached hydrogens (tertiary/aromatic N) is 1. The van der Waals surface area contributed by atoms with Crippen LogP contribution in [0.15, 0.2) is 24.3 Å². The van der Waals surface area contributed by atoms with Crippen molar-refractivity contribution in [2.45, 2.75) is 24.9 Å². The van der Waals surface area contributed by atoms with E-state index in [1.165, 1.54) is 0 Å². The number of ether oxygens (including phenoxy) is 1. The van der Waals surface area contributed by atoms with Gasteiger partial charge in [-0.15, -0.1) is 0 Å². The lowest BCUT2D eigenvalue weighted by molar-refractivity contribution is -0.0626. The smallest absolute Gasteiger partial charge is 0.116 e. The van der Waals surface area contributed by atoms with Crippen molar-refractivity contribution in [3.05, 3.63) is 35.4 Å². The van der Waals surface area contributed by atoms with Gasteiger partial charge in [-0.1, -0.05) is 24.3 Å². The molecule has 3 heteroatoms. The number of benzene rings is 1. The zero-order valence-electron chi connectivity index (χ0n) is 9.65. The summed E-state index contributed by atoms with van der Waals surface area (Å²) in [6, 6.07) is 10.2. The molecule has 3 rings (SSSR count). The van der Waals surface area contributed by atoms with Gasteiger partial charge in [0.2, 0.25) is 0 Å². The fourth-order valence-electron chi connectivity index (χ4n) is 3.16. The van der Waals surface area contributed by atoms with E-state index in [4.69, 9.17) is 4.74 Å². The maximum Gasteiger partial charge on any atom is 0.116 e. The third kappa shape index (κ3) is 1.28. The fourth-order valence-corrected chi connectivity index (χ4v) is 3.16. The molecule has 1 N–H and O–H groups in total. The summed E-state index contributed by atoms with van der Waals surface area (Å²) >= 11 is 0. The van der Waals surface area contributed by atoms with Crippen molar-refractivity contribution in [3.63, 3.8) is 0 Å². The van der Waals surface area contributed by atoms with E-state index in [1.807, 2.05) is 24.3 Å². The normalized spacial score (nSPS) is 35.5. The van der Waals surface area contributed by atoms with E-state index in [9.17, 15) is 10.4 Å². The summed E-state index contributed by atoms with van der Waals surface area (Å²) in [6.45, 7) is 0.909. The summed E-state index contributed by atoms with van der Waals surface area (Å²) < 4.78 is 5.36. The average molecular weight is 229 g/mol. The number of aryl methyl sites for hydroxylation is 1. The Morgan fingerprint density at radius 2 is 2.12 bits per heavy atom. The van der Waals surface area contributed by atoms with Crippen molar-refractivity contribution >= 4 is 0 Å². The van der Waals surface area contributed by atoms with E-state index < -0.39 is 11.0 Å². The van der Waals surface area contributed by atoms with E-state index in [-0.39, 0.29) is 0 Å². The van der Waals surface area contributed by atoms with Gasteiger partial charge in [-0.3, -0.25) is 0 Å². The van der Waals surface area contributed by atoms with Gasteiger partial charge in [0.05, 0.1) is 12.7 Å². The molecule has 0 aromatic heterocycles. The maximum atomic E-state index is 11.0. The Morgan fingerprint density at radius 3 is 2.82 bits per heavy atom. The topological polar surface area (TPSA) is 53.2 Å². The van der Waals surface area contributed by atoms with Crippen molar-refractivity contribution < 1.29 is 9.84 Å². The molecule has 2 atom stereocenters. The summed E-state index contributed by atoms with van der Waals surface area (Å²) in [4.78, 5) is 0. The number of aliphatic hydroxyl groups is 1. The van der Waals surface area contributed by atoms with E-state index in [0.717, 1.165) is 17.5 Å². The van der Waals surface area contributed by atoms with Gasteiger partial charge in [0.15, 0.2) is 0 Å². The molecule has 1 aliphatic heterocycles. The SMILES string of the molecule is N#CC1(C2(O)CCc3ccccc32)CCOC1. The number of nitriles is 1. The lowest BCUT2D eigenvalue weighted by Crippen LogP contribution is -2.44. The molecular formula is C14H15NO2. The van der Waals surface area contributed by atoms with Crippen molar-refractivity contribution in [2.24, 2.45) is 5.41 Å². The monoisotopic (exact) mass is 229 g/mol. The Kier molecular flexibility index (Phi) is 2.25. The summed E-state index contributed by atoms with van der Waals surface area (Å²) in [5.41, 5.74) is 0.289. The lowest BCUT2D eigenvalue weighted by atomic mass is 9.69. The minimum atomic E-state index is -1.03. The number of fused-ring (bicyclic) bond motifs is 1. The molecule has 1 aromatic rings. The van der Waals surface area contributed by atoms with Crippen LogP contribution in [0, 0.1) is 16.7 Å². The molecule has 2 unspecified atom stereocenters. The second kappa shape index (κ2) is 3.56. The number of hydrogen-bond acceptors (Lipinski definition) is 3. The van der Waals surface area contributed by atoms with E-state index in [0.29, 0.717) is 26.1 Å². The predicted octanol–water partition coefficient (Wildman–Crippen LogP) is 1.75. The van der Waals surface area contributed by atoms with E-state index >= 15 is 0 Å². The predicted molar refractivity (Wildman–Crippen MR) is 62.1 cm³/mol. The highest BCUT2D eigenvalue weighted by Gasteiger charge is 2.56. The third-order valence-corrected chi connectivity index (χ3v) is 4.25. The first-order valence-electron chi connectivity index (χ1n) is 6.02. The van der Waals surface area contributed by atoms with Gasteiger partial charge in [0.1, 0.15) is 11.0 Å². The minimum Gasteiger partial charge on any atom is -0.383 e. The molecule has 0 spiro atoms. The second-order valence-corrected chi connectivity index (χ2v) is 5.01. The molecule has 88 valence electrons. The van der Waals surface area contributed by atoms with Gasteiger partial charge in [0, 0.05) is 6.61 Å². The minimum absolute atomic E-state index is 0.342. The van der Waals surface area contributed by atoms with Gasteiger partial charge >= 0.3 is 0 Å². The van der Waals surface area contributed by atoms with Crippen LogP contribution >= 0.6 is 0 Å². The molecule has 17 heavy (non-hydrogen) atoms. The van der Waals surface area contributed by atoms with Gasteiger partial charge in [0.25, 0.3) is 0 Å². The maximum absolute atomic E-state index is 11.0. The highest BCUT2D eigenvalue weighted by atomic mass is 16.5. The summed E-state index contributed by atoms with van der Waals surface area (Å²) in [7, 11) is 0. The molecule has 1 saturated heterocycles. The Hall–Kier alpha value is -1.37. The van der Waals surface area contributed by atoms with Crippen molar-refractivity contribution in [1.29, 1.82) is 5.26 Å². The molecule has 1 heterocycles. The average Bonchev–Trinajstić information content (AvgIpc) is 2.97. The first-order chi connectivity index (χ1) is 8.22. The van der Waals surface area contributed by atoms with Gasteiger partial charge in [-0.05, 0) is 30.4 Å². The molecule has 0 saturated carbocycles. The standard InChI is InChI=1S/C14H15NO2/c15-9-13(7-8-17-10-13)14(16)6-5-11-3-1-2-4-12(11)14/h1-4,16H,5-8,10H2. The molecule has 1 fully saturated rings. The fraction of sp³-hybridized carbons (Fsp3) is 0.500. The Labute approximate surface area is 101 Å². The van der Waals surface area contributed by atoms with Crippen LogP contribution in [-0.4, -0.2) is 18.3 Å². The van der Waals surface area contributed by atoms with Crippen LogP contribution in [0.1, 0.15) is 24.0 Å². The molecular weight excluding hydrogens is 214 g/mol. The largest absolute Gasteiger partial charge is 0.383 e. The molecule has 2 aliphatic rings. The van der Waals surface area contributed by atoms with Crippen LogP contribution in [0.5, 0.6) is 0 Å². The quantitative estimate of drug-likeness (QED) is 0.798. The number of hydrogen-bond donors (Lipinski definition) is 1. The van der Waals surface area contributed by atoms with Crippen LogP contribution in [-0.2, 0) is 16.8 Å². The zero-order chi connectivity index (χ0) is 11.9. The van der Waals surface area contributed by atoms with E-state index in [1.54, 1.807) is 0 Å². The molecule has 0 amide bonds. The van der Waals surface area contributed by atoms with Crippen LogP contribution in [0.3, 0.4) is 0 Å². The zero-order valence-corrected chi connectivity index (χ0v) is 9.65.